The summed E-state index contributed by atoms with van der Waals surface area (Å²) in [6.07, 6.45) is 1.33. The molecule has 2 N–H and O–H groups in total. The Bertz CT molecular complexity index is 693. The van der Waals surface area contributed by atoms with Gasteiger partial charge >= 0.3 is 5.97 Å². The Morgan fingerprint density at radius 1 is 1.25 bits per heavy atom. The molecule has 1 saturated heterocycles. The van der Waals surface area contributed by atoms with Crippen molar-refractivity contribution in [3.05, 3.63) is 56.7 Å². The van der Waals surface area contributed by atoms with E-state index in [0.29, 0.717) is 16.4 Å². The van der Waals surface area contributed by atoms with Gasteiger partial charge in [-0.2, -0.15) is 0 Å². The zero-order valence-electron chi connectivity index (χ0n) is 13.2. The zero-order chi connectivity index (χ0) is 17.1. The fourth-order valence-corrected chi connectivity index (χ4v) is 4.13. The topological polar surface area (TPSA) is 60.8 Å². The van der Waals surface area contributed by atoms with Crippen LogP contribution in [0.1, 0.15) is 39.7 Å². The second-order valence-corrected chi connectivity index (χ2v) is 7.54. The first kappa shape index (κ1) is 17.4. The van der Waals surface area contributed by atoms with Crippen molar-refractivity contribution in [2.24, 2.45) is 5.92 Å². The van der Waals surface area contributed by atoms with Crippen molar-refractivity contribution in [1.82, 2.24) is 4.90 Å². The van der Waals surface area contributed by atoms with Crippen molar-refractivity contribution >= 4 is 28.9 Å². The predicted molar refractivity (Wildman–Crippen MR) is 95.7 cm³/mol. The summed E-state index contributed by atoms with van der Waals surface area (Å²) in [6.45, 7) is 2.39. The van der Waals surface area contributed by atoms with Crippen LogP contribution in [0.5, 0.6) is 0 Å². The van der Waals surface area contributed by atoms with Gasteiger partial charge in [-0.15, -0.1) is 11.3 Å². The maximum atomic E-state index is 11.2. The molecule has 1 unspecified atom stereocenters. The predicted octanol–water partition coefficient (Wildman–Crippen LogP) is 4.05. The van der Waals surface area contributed by atoms with Crippen molar-refractivity contribution in [3.63, 3.8) is 0 Å². The van der Waals surface area contributed by atoms with Crippen LogP contribution in [-0.4, -0.2) is 34.2 Å². The van der Waals surface area contributed by atoms with Gasteiger partial charge in [-0.05, 0) is 66.6 Å². The Morgan fingerprint density at radius 2 is 1.92 bits per heavy atom. The quantitative estimate of drug-likeness (QED) is 0.839. The molecule has 0 amide bonds. The van der Waals surface area contributed by atoms with E-state index in [4.69, 9.17) is 11.6 Å². The van der Waals surface area contributed by atoms with Gasteiger partial charge in [0.05, 0.1) is 6.10 Å². The summed E-state index contributed by atoms with van der Waals surface area (Å²) in [7, 11) is 0. The van der Waals surface area contributed by atoms with Gasteiger partial charge in [0, 0.05) is 11.6 Å². The molecule has 1 fully saturated rings. The first-order valence-corrected chi connectivity index (χ1v) is 9.26. The van der Waals surface area contributed by atoms with E-state index < -0.39 is 12.1 Å². The summed E-state index contributed by atoms with van der Waals surface area (Å²) in [6, 6.07) is 9.26. The molecule has 1 aliphatic rings. The largest absolute Gasteiger partial charge is 0.477 e. The number of carboxylic acid groups (broad SMARTS) is 1. The second-order valence-electron chi connectivity index (χ2n) is 6.19. The minimum atomic E-state index is -0.854. The van der Waals surface area contributed by atoms with Gasteiger partial charge < -0.3 is 10.2 Å². The molecule has 1 aromatic carbocycles. The van der Waals surface area contributed by atoms with Crippen molar-refractivity contribution in [1.29, 1.82) is 0 Å². The zero-order valence-corrected chi connectivity index (χ0v) is 14.8. The van der Waals surface area contributed by atoms with Gasteiger partial charge in [-0.25, -0.2) is 4.79 Å². The Hall–Kier alpha value is -1.40. The number of benzene rings is 1. The number of nitrogens with zero attached hydrogens (tertiary/aromatic N) is 1. The SMILES string of the molecule is O=C(O)c1sccc1CN1CCC(C(O)c2ccc(Cl)cc2)CC1. The third kappa shape index (κ3) is 3.98. The number of hydrogen-bond donors (Lipinski definition) is 2. The van der Waals surface area contributed by atoms with Gasteiger partial charge in [0.1, 0.15) is 4.88 Å². The van der Waals surface area contributed by atoms with E-state index in [9.17, 15) is 15.0 Å². The Labute approximate surface area is 150 Å². The van der Waals surface area contributed by atoms with Gasteiger partial charge in [-0.3, -0.25) is 4.90 Å². The normalized spacial score (nSPS) is 17.8. The average Bonchev–Trinajstić information content (AvgIpc) is 3.04. The molecule has 24 heavy (non-hydrogen) atoms. The molecule has 6 heteroatoms. The molecule has 0 radical (unpaired) electrons. The van der Waals surface area contributed by atoms with Crippen LogP contribution >= 0.6 is 22.9 Å². The number of halogens is 1. The number of aromatic carboxylic acids is 1. The molecule has 128 valence electrons. The summed E-state index contributed by atoms with van der Waals surface area (Å²) in [5.74, 6) is -0.628. The molecule has 2 aromatic rings. The van der Waals surface area contributed by atoms with E-state index in [1.165, 1.54) is 11.3 Å². The molecule has 4 nitrogen and oxygen atoms in total. The highest BCUT2D eigenvalue weighted by Crippen LogP contribution is 2.32. The van der Waals surface area contributed by atoms with E-state index in [1.54, 1.807) is 12.1 Å². The van der Waals surface area contributed by atoms with E-state index in [2.05, 4.69) is 4.90 Å². The number of aliphatic hydroxyl groups excluding tert-OH is 1. The lowest BCUT2D eigenvalue weighted by Crippen LogP contribution is -2.35. The molecule has 0 saturated carbocycles. The minimum Gasteiger partial charge on any atom is -0.477 e. The number of hydrogen-bond acceptors (Lipinski definition) is 4. The van der Waals surface area contributed by atoms with E-state index in [1.807, 2.05) is 23.6 Å². The number of aliphatic hydroxyl groups is 1. The van der Waals surface area contributed by atoms with Gasteiger partial charge in [0.15, 0.2) is 0 Å². The fourth-order valence-electron chi connectivity index (χ4n) is 3.25. The summed E-state index contributed by atoms with van der Waals surface area (Å²) in [5.41, 5.74) is 1.79. The molecule has 1 aromatic heterocycles. The van der Waals surface area contributed by atoms with E-state index >= 15 is 0 Å². The van der Waals surface area contributed by atoms with E-state index in [-0.39, 0.29) is 5.92 Å². The van der Waals surface area contributed by atoms with Crippen molar-refractivity contribution in [2.45, 2.75) is 25.5 Å². The highest BCUT2D eigenvalue weighted by Gasteiger charge is 2.27. The van der Waals surface area contributed by atoms with Crippen LogP contribution in [0.3, 0.4) is 0 Å². The maximum absolute atomic E-state index is 11.2. The molecular formula is C18H20ClNO3S. The molecule has 0 spiro atoms. The standard InChI is InChI=1S/C18H20ClNO3S/c19-15-3-1-12(2-4-15)16(21)13-5-8-20(9-6-13)11-14-7-10-24-17(14)18(22)23/h1-4,7,10,13,16,21H,5-6,8-9,11H2,(H,22,23). The van der Waals surface area contributed by atoms with E-state index in [0.717, 1.165) is 37.1 Å². The molecule has 1 aliphatic heterocycles. The third-order valence-electron chi connectivity index (χ3n) is 4.63. The Balaban J connectivity index is 1.56. The third-order valence-corrected chi connectivity index (χ3v) is 5.82. The van der Waals surface area contributed by atoms with Crippen LogP contribution in [0.2, 0.25) is 5.02 Å². The molecule has 0 aliphatic carbocycles. The number of likely N-dealkylation sites (tertiary alicyclic amines) is 1. The van der Waals surface area contributed by atoms with Crippen LogP contribution < -0.4 is 0 Å². The number of carboxylic acids is 1. The minimum absolute atomic E-state index is 0.226. The molecule has 0 bridgehead atoms. The van der Waals surface area contributed by atoms with Crippen LogP contribution in [0.4, 0.5) is 0 Å². The highest BCUT2D eigenvalue weighted by atomic mass is 35.5. The Morgan fingerprint density at radius 3 is 2.54 bits per heavy atom. The second kappa shape index (κ2) is 7.66. The first-order chi connectivity index (χ1) is 11.5. The maximum Gasteiger partial charge on any atom is 0.346 e. The summed E-state index contributed by atoms with van der Waals surface area (Å²) in [4.78, 5) is 13.9. The van der Waals surface area contributed by atoms with Gasteiger partial charge in [0.25, 0.3) is 0 Å². The first-order valence-electron chi connectivity index (χ1n) is 8.00. The monoisotopic (exact) mass is 365 g/mol. The summed E-state index contributed by atoms with van der Waals surface area (Å²) in [5, 5.41) is 22.3. The van der Waals surface area contributed by atoms with Gasteiger partial charge in [-0.1, -0.05) is 23.7 Å². The molecule has 3 rings (SSSR count). The summed E-state index contributed by atoms with van der Waals surface area (Å²) < 4.78 is 0. The molecule has 2 heterocycles. The van der Waals surface area contributed by atoms with Crippen molar-refractivity contribution in [2.75, 3.05) is 13.1 Å². The fraction of sp³-hybridized carbons (Fsp3) is 0.389. The highest BCUT2D eigenvalue weighted by molar-refractivity contribution is 7.12. The van der Waals surface area contributed by atoms with Crippen LogP contribution in [0.25, 0.3) is 0 Å². The van der Waals surface area contributed by atoms with Crippen LogP contribution in [0.15, 0.2) is 35.7 Å². The lowest BCUT2D eigenvalue weighted by molar-refractivity contribution is 0.0565. The number of carbonyl (C=O) groups is 1. The lowest BCUT2D eigenvalue weighted by Gasteiger charge is -2.34. The average molecular weight is 366 g/mol. The molecule has 1 atom stereocenters. The number of rotatable bonds is 5. The summed E-state index contributed by atoms with van der Waals surface area (Å²) >= 11 is 7.17. The number of thiophene rings is 1. The van der Waals surface area contributed by atoms with Crippen LogP contribution in [0, 0.1) is 5.92 Å². The smallest absolute Gasteiger partial charge is 0.346 e. The van der Waals surface area contributed by atoms with Gasteiger partial charge in [0.2, 0.25) is 0 Å². The van der Waals surface area contributed by atoms with Crippen molar-refractivity contribution in [3.8, 4) is 0 Å². The number of piperidine rings is 1. The van der Waals surface area contributed by atoms with Crippen molar-refractivity contribution < 1.29 is 15.0 Å². The Kier molecular flexibility index (Phi) is 5.56. The van der Waals surface area contributed by atoms with Crippen LogP contribution in [-0.2, 0) is 6.54 Å². The lowest BCUT2D eigenvalue weighted by atomic mass is 9.87. The molecular weight excluding hydrogens is 346 g/mol.